The van der Waals surface area contributed by atoms with Gasteiger partial charge < -0.3 is 10.4 Å². The number of nitro benzene ring substituents is 1. The molecule has 3 heterocycles. The molecule has 10 heteroatoms. The zero-order valence-corrected chi connectivity index (χ0v) is 19.6. The molecule has 36 heavy (non-hydrogen) atoms. The van der Waals surface area contributed by atoms with Crippen molar-refractivity contribution in [3.63, 3.8) is 0 Å². The van der Waals surface area contributed by atoms with Crippen LogP contribution in [0.25, 0.3) is 5.69 Å². The topological polar surface area (TPSA) is 130 Å². The van der Waals surface area contributed by atoms with E-state index in [1.54, 1.807) is 35.6 Å². The number of carbonyl (C=O) groups excluding carboxylic acids is 1. The summed E-state index contributed by atoms with van der Waals surface area (Å²) < 4.78 is 1.37. The first-order valence-corrected chi connectivity index (χ1v) is 12.2. The normalized spacial score (nSPS) is 18.9. The molecule has 3 N–H and O–H groups in total. The highest BCUT2D eigenvalue weighted by Gasteiger charge is 2.42. The maximum atomic E-state index is 13.7. The maximum absolute atomic E-state index is 13.7. The molecule has 2 atom stereocenters. The van der Waals surface area contributed by atoms with Gasteiger partial charge in [-0.3, -0.25) is 24.8 Å². The van der Waals surface area contributed by atoms with E-state index in [0.29, 0.717) is 29.2 Å². The van der Waals surface area contributed by atoms with Gasteiger partial charge in [0, 0.05) is 46.2 Å². The molecule has 9 nitrogen and oxygen atoms in total. The molecule has 1 aliphatic carbocycles. The Morgan fingerprint density at radius 2 is 1.86 bits per heavy atom. The number of benzene rings is 2. The monoisotopic (exact) mass is 500 g/mol. The van der Waals surface area contributed by atoms with Crippen LogP contribution < -0.4 is 10.9 Å². The highest BCUT2D eigenvalue weighted by Crippen LogP contribution is 2.49. The third-order valence-corrected chi connectivity index (χ3v) is 7.82. The van der Waals surface area contributed by atoms with Crippen molar-refractivity contribution in [2.45, 2.75) is 24.7 Å². The number of nitrogens with one attached hydrogen (secondary N) is 2. The number of phenolic OH excluding ortho intramolecular Hbond substituents is 1. The molecule has 2 aromatic carbocycles. The van der Waals surface area contributed by atoms with E-state index in [9.17, 15) is 24.8 Å². The summed E-state index contributed by atoms with van der Waals surface area (Å²) in [5.41, 5.74) is 1.36. The molecule has 0 amide bonds. The number of thiophene rings is 1. The third kappa shape index (κ3) is 3.45. The van der Waals surface area contributed by atoms with Crippen LogP contribution in [0.4, 0.5) is 11.5 Å². The zero-order valence-electron chi connectivity index (χ0n) is 18.8. The number of carbonyl (C=O) groups is 1. The number of anilines is 1. The Bertz CT molecular complexity index is 1600. The van der Waals surface area contributed by atoms with Crippen molar-refractivity contribution < 1.29 is 14.8 Å². The Morgan fingerprint density at radius 1 is 1.06 bits per heavy atom. The molecule has 1 aliphatic heterocycles. The molecule has 0 radical (unpaired) electrons. The van der Waals surface area contributed by atoms with E-state index in [1.807, 2.05) is 23.6 Å². The molecular weight excluding hydrogens is 480 g/mol. The van der Waals surface area contributed by atoms with Gasteiger partial charge in [-0.2, -0.15) is 0 Å². The minimum Gasteiger partial charge on any atom is -0.508 e. The molecule has 0 fully saturated rings. The summed E-state index contributed by atoms with van der Waals surface area (Å²) in [5.74, 6) is -0.951. The molecule has 0 spiro atoms. The number of allylic oxidation sites excluding steroid dienone is 2. The first-order valence-electron chi connectivity index (χ1n) is 11.4. The van der Waals surface area contributed by atoms with Crippen LogP contribution in [0.15, 0.2) is 82.1 Å². The number of fused-ring (bicyclic) bond motifs is 1. The standard InChI is InChI=1S/C26H20N4O5S/c31-19-9-8-16(30(34)35)13-17(19)22-23-18(11-14(12-20(23)32)21-7-4-10-36-21)27-25-24(22)26(33)29(28-25)15-5-2-1-3-6-15/h1-10,13-14,22,27-28,31H,11-12H2/t14-,22-/m0/s1. The molecular formula is C26H20N4O5S. The third-order valence-electron chi connectivity index (χ3n) is 6.78. The lowest BCUT2D eigenvalue weighted by atomic mass is 9.73. The van der Waals surface area contributed by atoms with E-state index >= 15 is 0 Å². The number of nitrogens with zero attached hydrogens (tertiary/aromatic N) is 2. The molecule has 0 bridgehead atoms. The average Bonchev–Trinajstić information content (AvgIpc) is 3.52. The molecule has 6 rings (SSSR count). The summed E-state index contributed by atoms with van der Waals surface area (Å²) >= 11 is 1.59. The van der Waals surface area contributed by atoms with Crippen LogP contribution >= 0.6 is 11.3 Å². The van der Waals surface area contributed by atoms with Crippen LogP contribution in [0.3, 0.4) is 0 Å². The Balaban J connectivity index is 1.57. The number of ketones is 1. The predicted molar refractivity (Wildman–Crippen MR) is 135 cm³/mol. The van der Waals surface area contributed by atoms with Gasteiger partial charge >= 0.3 is 0 Å². The van der Waals surface area contributed by atoms with Crippen LogP contribution in [0, 0.1) is 10.1 Å². The number of para-hydroxylation sites is 1. The van der Waals surface area contributed by atoms with Gasteiger partial charge in [-0.1, -0.05) is 24.3 Å². The number of rotatable bonds is 4. The number of Topliss-reactive ketones (excluding diaryl/α,β-unsaturated/α-hetero) is 1. The van der Waals surface area contributed by atoms with Gasteiger partial charge in [0.05, 0.1) is 22.1 Å². The van der Waals surface area contributed by atoms with Crippen molar-refractivity contribution in [3.8, 4) is 11.4 Å². The quantitative estimate of drug-likeness (QED) is 0.273. The molecule has 180 valence electrons. The van der Waals surface area contributed by atoms with Crippen molar-refractivity contribution in [1.82, 2.24) is 9.78 Å². The molecule has 0 saturated heterocycles. The number of aromatic nitrogens is 2. The zero-order chi connectivity index (χ0) is 25.0. The van der Waals surface area contributed by atoms with Crippen molar-refractivity contribution >= 4 is 28.6 Å². The summed E-state index contributed by atoms with van der Waals surface area (Å²) in [5, 5.41) is 30.7. The fraction of sp³-hybridized carbons (Fsp3) is 0.154. The van der Waals surface area contributed by atoms with Crippen LogP contribution in [-0.2, 0) is 4.79 Å². The molecule has 4 aromatic rings. The highest BCUT2D eigenvalue weighted by molar-refractivity contribution is 7.10. The first kappa shape index (κ1) is 22.1. The number of phenols is 1. The summed E-state index contributed by atoms with van der Waals surface area (Å²) in [6.45, 7) is 0. The van der Waals surface area contributed by atoms with Gasteiger partial charge in [0.2, 0.25) is 0 Å². The number of aromatic amines is 1. The van der Waals surface area contributed by atoms with E-state index in [1.165, 1.54) is 22.9 Å². The highest BCUT2D eigenvalue weighted by atomic mass is 32.1. The summed E-state index contributed by atoms with van der Waals surface area (Å²) in [6, 6.07) is 16.6. The van der Waals surface area contributed by atoms with Gasteiger partial charge in [0.15, 0.2) is 5.78 Å². The van der Waals surface area contributed by atoms with Crippen LogP contribution in [0.2, 0.25) is 0 Å². The van der Waals surface area contributed by atoms with E-state index < -0.39 is 16.4 Å². The van der Waals surface area contributed by atoms with Gasteiger partial charge in [-0.05, 0) is 36.1 Å². The summed E-state index contributed by atoms with van der Waals surface area (Å²) in [7, 11) is 0. The van der Waals surface area contributed by atoms with Crippen LogP contribution in [-0.4, -0.2) is 25.6 Å². The first-order chi connectivity index (χ1) is 17.4. The summed E-state index contributed by atoms with van der Waals surface area (Å²) in [6.07, 6.45) is 0.783. The molecule has 0 unspecified atom stereocenters. The maximum Gasteiger partial charge on any atom is 0.277 e. The molecule has 0 saturated carbocycles. The SMILES string of the molecule is O=C1C[C@@H](c2cccs2)CC2=C1[C@H](c1cc([N+](=O)[O-])ccc1O)c1c([nH]n(-c3ccccc3)c1=O)N2. The number of non-ortho nitro benzene ring substituents is 1. The number of aromatic hydroxyl groups is 1. The largest absolute Gasteiger partial charge is 0.508 e. The van der Waals surface area contributed by atoms with Gasteiger partial charge in [0.1, 0.15) is 11.6 Å². The lowest BCUT2D eigenvalue weighted by Crippen LogP contribution is -2.31. The van der Waals surface area contributed by atoms with E-state index in [-0.39, 0.29) is 40.7 Å². The number of hydrogen-bond donors (Lipinski definition) is 3. The second-order valence-corrected chi connectivity index (χ2v) is 9.85. The van der Waals surface area contributed by atoms with Crippen molar-refractivity contribution in [2.24, 2.45) is 0 Å². The lowest BCUT2D eigenvalue weighted by Gasteiger charge is -2.34. The van der Waals surface area contributed by atoms with Gasteiger partial charge in [0.25, 0.3) is 11.2 Å². The van der Waals surface area contributed by atoms with Crippen molar-refractivity contribution in [1.29, 1.82) is 0 Å². The van der Waals surface area contributed by atoms with E-state index in [0.717, 1.165) is 4.88 Å². The molecule has 2 aliphatic rings. The lowest BCUT2D eigenvalue weighted by molar-refractivity contribution is -0.384. The molecule has 2 aromatic heterocycles. The average molecular weight is 501 g/mol. The van der Waals surface area contributed by atoms with E-state index in [2.05, 4.69) is 10.4 Å². The number of H-pyrrole nitrogens is 1. The second-order valence-electron chi connectivity index (χ2n) is 8.87. The minimum atomic E-state index is -0.957. The van der Waals surface area contributed by atoms with Crippen molar-refractivity contribution in [2.75, 3.05) is 5.32 Å². The number of hydrogen-bond acceptors (Lipinski definition) is 7. The van der Waals surface area contributed by atoms with Gasteiger partial charge in [-0.25, -0.2) is 4.68 Å². The van der Waals surface area contributed by atoms with E-state index in [4.69, 9.17) is 0 Å². The fourth-order valence-electron chi connectivity index (χ4n) is 5.17. The van der Waals surface area contributed by atoms with Gasteiger partial charge in [-0.15, -0.1) is 11.3 Å². The Kier molecular flexibility index (Phi) is 5.11. The van der Waals surface area contributed by atoms with Crippen molar-refractivity contribution in [3.05, 3.63) is 114 Å². The summed E-state index contributed by atoms with van der Waals surface area (Å²) in [4.78, 5) is 39.4. The van der Waals surface area contributed by atoms with Crippen LogP contribution in [0.1, 0.15) is 40.7 Å². The fourth-order valence-corrected chi connectivity index (χ4v) is 6.00. The Labute approximate surface area is 208 Å². The minimum absolute atomic E-state index is 0.0208. The number of nitro groups is 1. The Hall–Kier alpha value is -4.44. The van der Waals surface area contributed by atoms with Crippen LogP contribution in [0.5, 0.6) is 5.75 Å². The smallest absolute Gasteiger partial charge is 0.277 e. The Morgan fingerprint density at radius 3 is 2.58 bits per heavy atom. The second kappa shape index (κ2) is 8.35. The predicted octanol–water partition coefficient (Wildman–Crippen LogP) is 4.80.